The van der Waals surface area contributed by atoms with Crippen molar-refractivity contribution in [1.82, 2.24) is 0 Å². The summed E-state index contributed by atoms with van der Waals surface area (Å²) in [6.45, 7) is 4.69. The van der Waals surface area contributed by atoms with Crippen LogP contribution >= 0.6 is 11.6 Å². The van der Waals surface area contributed by atoms with Crippen LogP contribution in [0, 0.1) is 11.6 Å². The summed E-state index contributed by atoms with van der Waals surface area (Å²) < 4.78 is 26.3. The van der Waals surface area contributed by atoms with Crippen LogP contribution in [0.1, 0.15) is 17.3 Å². The van der Waals surface area contributed by atoms with Crippen molar-refractivity contribution in [1.29, 1.82) is 0 Å². The van der Waals surface area contributed by atoms with Gasteiger partial charge in [0.25, 0.3) is 0 Å². The van der Waals surface area contributed by atoms with Crippen LogP contribution in [0.3, 0.4) is 0 Å². The fraction of sp³-hybridized carbons (Fsp3) is 0.100. The Morgan fingerprint density at radius 1 is 1.43 bits per heavy atom. The minimum Gasteiger partial charge on any atom is -0.289 e. The zero-order valence-electron chi connectivity index (χ0n) is 7.40. The fourth-order valence-corrected chi connectivity index (χ4v) is 1.11. The van der Waals surface area contributed by atoms with Gasteiger partial charge in [0.05, 0.1) is 10.6 Å². The first-order valence-corrected chi connectivity index (χ1v) is 4.16. The van der Waals surface area contributed by atoms with E-state index in [0.29, 0.717) is 0 Å². The predicted octanol–water partition coefficient (Wildman–Crippen LogP) is 3.38. The van der Waals surface area contributed by atoms with Gasteiger partial charge >= 0.3 is 0 Å². The van der Waals surface area contributed by atoms with Crippen molar-refractivity contribution in [2.24, 2.45) is 0 Å². The number of Topliss-reactive ketones (excluding diaryl/α,β-unsaturated/α-hetero) is 1. The van der Waals surface area contributed by atoms with E-state index in [1.54, 1.807) is 0 Å². The second-order valence-electron chi connectivity index (χ2n) is 2.83. The van der Waals surface area contributed by atoms with Gasteiger partial charge in [-0.3, -0.25) is 4.79 Å². The summed E-state index contributed by atoms with van der Waals surface area (Å²) in [5, 5.41) is -0.281. The molecule has 0 saturated carbocycles. The number of allylic oxidation sites excluding steroid dienone is 1. The summed E-state index contributed by atoms with van der Waals surface area (Å²) in [5.41, 5.74) is -0.588. The standard InChI is InChI=1S/C10H7ClF2O/c1-5(2)10(14)8-7(12)4-3-6(11)9(8)13/h3-4H,1H2,2H3. The molecule has 0 unspecified atom stereocenters. The number of carbonyl (C=O) groups is 1. The molecule has 74 valence electrons. The number of rotatable bonds is 2. The third kappa shape index (κ3) is 1.82. The second-order valence-corrected chi connectivity index (χ2v) is 3.23. The molecule has 14 heavy (non-hydrogen) atoms. The van der Waals surface area contributed by atoms with Gasteiger partial charge in [-0.05, 0) is 24.6 Å². The van der Waals surface area contributed by atoms with Crippen molar-refractivity contribution in [2.75, 3.05) is 0 Å². The van der Waals surface area contributed by atoms with Crippen LogP contribution in [0.4, 0.5) is 8.78 Å². The molecule has 0 N–H and O–H groups in total. The Labute approximate surface area is 85.0 Å². The Kier molecular flexibility index (Phi) is 3.01. The lowest BCUT2D eigenvalue weighted by atomic mass is 10.0. The Morgan fingerprint density at radius 3 is 2.50 bits per heavy atom. The number of ketones is 1. The zero-order chi connectivity index (χ0) is 10.9. The van der Waals surface area contributed by atoms with Gasteiger partial charge in [-0.2, -0.15) is 0 Å². The first kappa shape index (κ1) is 10.9. The van der Waals surface area contributed by atoms with E-state index >= 15 is 0 Å². The van der Waals surface area contributed by atoms with Crippen molar-refractivity contribution in [3.8, 4) is 0 Å². The SMILES string of the molecule is C=C(C)C(=O)c1c(F)ccc(Cl)c1F. The molecule has 1 nitrogen and oxygen atoms in total. The Morgan fingerprint density at radius 2 is 2.00 bits per heavy atom. The molecule has 0 aromatic heterocycles. The molecule has 0 saturated heterocycles. The summed E-state index contributed by atoms with van der Waals surface area (Å²) in [4.78, 5) is 11.3. The predicted molar refractivity (Wildman–Crippen MR) is 50.5 cm³/mol. The molecule has 0 aliphatic rings. The molecule has 0 spiro atoms. The number of benzene rings is 1. The third-order valence-corrected chi connectivity index (χ3v) is 1.95. The average molecular weight is 217 g/mol. The van der Waals surface area contributed by atoms with E-state index in [0.717, 1.165) is 12.1 Å². The second kappa shape index (κ2) is 3.88. The quantitative estimate of drug-likeness (QED) is 0.421. The molecule has 0 radical (unpaired) electrons. The van der Waals surface area contributed by atoms with Gasteiger partial charge in [-0.25, -0.2) is 8.78 Å². The van der Waals surface area contributed by atoms with Gasteiger partial charge < -0.3 is 0 Å². The van der Waals surface area contributed by atoms with E-state index in [-0.39, 0.29) is 10.6 Å². The van der Waals surface area contributed by atoms with Crippen LogP contribution in [-0.4, -0.2) is 5.78 Å². The molecule has 1 aromatic carbocycles. The van der Waals surface area contributed by atoms with Crippen LogP contribution in [0.2, 0.25) is 5.02 Å². The first-order valence-electron chi connectivity index (χ1n) is 3.79. The molecule has 0 atom stereocenters. The molecular weight excluding hydrogens is 210 g/mol. The summed E-state index contributed by atoms with van der Waals surface area (Å²) in [6, 6.07) is 2.00. The topological polar surface area (TPSA) is 17.1 Å². The molecule has 0 aliphatic heterocycles. The lowest BCUT2D eigenvalue weighted by Crippen LogP contribution is -2.06. The molecule has 0 amide bonds. The lowest BCUT2D eigenvalue weighted by Gasteiger charge is -2.04. The molecular formula is C10H7ClF2O. The molecule has 4 heteroatoms. The summed E-state index contributed by atoms with van der Waals surface area (Å²) in [6.07, 6.45) is 0. The number of halogens is 3. The largest absolute Gasteiger partial charge is 0.289 e. The van der Waals surface area contributed by atoms with E-state index in [1.807, 2.05) is 0 Å². The first-order chi connectivity index (χ1) is 6.45. The minimum atomic E-state index is -1.04. The van der Waals surface area contributed by atoms with Gasteiger partial charge in [-0.1, -0.05) is 18.2 Å². The molecule has 0 fully saturated rings. The highest BCUT2D eigenvalue weighted by Crippen LogP contribution is 2.22. The van der Waals surface area contributed by atoms with Crippen LogP contribution in [-0.2, 0) is 0 Å². The number of carbonyl (C=O) groups excluding carboxylic acids is 1. The minimum absolute atomic E-state index is 0.0602. The van der Waals surface area contributed by atoms with Gasteiger partial charge in [0, 0.05) is 0 Å². The molecule has 0 bridgehead atoms. The zero-order valence-corrected chi connectivity index (χ0v) is 8.16. The van der Waals surface area contributed by atoms with Gasteiger partial charge in [0.15, 0.2) is 11.6 Å². The molecule has 1 aromatic rings. The normalized spacial score (nSPS) is 10.0. The Bertz CT molecular complexity index is 413. The van der Waals surface area contributed by atoms with Crippen molar-refractivity contribution >= 4 is 17.4 Å². The van der Waals surface area contributed by atoms with Gasteiger partial charge in [0.2, 0.25) is 0 Å². The monoisotopic (exact) mass is 216 g/mol. The van der Waals surface area contributed by atoms with Crippen LogP contribution < -0.4 is 0 Å². The highest BCUT2D eigenvalue weighted by atomic mass is 35.5. The maximum Gasteiger partial charge on any atom is 0.194 e. The Balaban J connectivity index is 3.40. The highest BCUT2D eigenvalue weighted by molar-refractivity contribution is 6.31. The molecule has 1 rings (SSSR count). The highest BCUT2D eigenvalue weighted by Gasteiger charge is 2.19. The van der Waals surface area contributed by atoms with E-state index in [9.17, 15) is 13.6 Å². The summed E-state index contributed by atoms with van der Waals surface area (Å²) in [7, 11) is 0. The van der Waals surface area contributed by atoms with E-state index < -0.39 is 23.0 Å². The number of hydrogen-bond acceptors (Lipinski definition) is 1. The summed E-state index contributed by atoms with van der Waals surface area (Å²) in [5.74, 6) is -2.75. The van der Waals surface area contributed by atoms with Crippen LogP contribution in [0.5, 0.6) is 0 Å². The van der Waals surface area contributed by atoms with Crippen molar-refractivity contribution in [3.63, 3.8) is 0 Å². The Hall–Kier alpha value is -1.22. The smallest absolute Gasteiger partial charge is 0.194 e. The maximum atomic E-state index is 13.2. The molecule has 0 heterocycles. The molecule has 0 aliphatic carbocycles. The summed E-state index contributed by atoms with van der Waals surface area (Å²) >= 11 is 5.41. The van der Waals surface area contributed by atoms with E-state index in [2.05, 4.69) is 6.58 Å². The van der Waals surface area contributed by atoms with Crippen molar-refractivity contribution < 1.29 is 13.6 Å². The van der Waals surface area contributed by atoms with Gasteiger partial charge in [-0.15, -0.1) is 0 Å². The van der Waals surface area contributed by atoms with Crippen LogP contribution in [0.25, 0.3) is 0 Å². The average Bonchev–Trinajstić information content (AvgIpc) is 2.12. The van der Waals surface area contributed by atoms with Crippen LogP contribution in [0.15, 0.2) is 24.3 Å². The van der Waals surface area contributed by atoms with E-state index in [4.69, 9.17) is 11.6 Å². The van der Waals surface area contributed by atoms with Crippen molar-refractivity contribution in [3.05, 3.63) is 46.5 Å². The number of hydrogen-bond donors (Lipinski definition) is 0. The van der Waals surface area contributed by atoms with Gasteiger partial charge in [0.1, 0.15) is 5.82 Å². The lowest BCUT2D eigenvalue weighted by molar-refractivity contribution is 0.102. The third-order valence-electron chi connectivity index (χ3n) is 1.66. The fourth-order valence-electron chi connectivity index (χ4n) is 0.949. The van der Waals surface area contributed by atoms with E-state index in [1.165, 1.54) is 6.92 Å². The van der Waals surface area contributed by atoms with Crippen molar-refractivity contribution in [2.45, 2.75) is 6.92 Å². The maximum absolute atomic E-state index is 13.2.